The van der Waals surface area contributed by atoms with Crippen LogP contribution in [-0.4, -0.2) is 131 Å². The third-order valence-electron chi connectivity index (χ3n) is 17.6. The number of pyridine rings is 6. The van der Waals surface area contributed by atoms with Crippen molar-refractivity contribution in [2.45, 2.75) is 24.7 Å². The highest BCUT2D eigenvalue weighted by atomic mass is 16.5. The molecule has 0 saturated heterocycles. The fraction of sp³-hybridized carbons (Fsp3) is 0.171. The van der Waals surface area contributed by atoms with Gasteiger partial charge in [-0.25, -0.2) is 0 Å². The highest BCUT2D eigenvalue weighted by Crippen LogP contribution is 2.41. The van der Waals surface area contributed by atoms with Gasteiger partial charge in [-0.2, -0.15) is 0 Å². The van der Waals surface area contributed by atoms with Crippen molar-refractivity contribution in [3.63, 3.8) is 0 Å². The normalized spacial score (nSPS) is 18.4. The Hall–Kier alpha value is -13.0. The second kappa shape index (κ2) is 28.8. The predicted octanol–water partition coefficient (Wildman–Crippen LogP) is 7.99. The van der Waals surface area contributed by atoms with Crippen LogP contribution in [0.5, 0.6) is 34.5 Å². The molecule has 502 valence electrons. The molecule has 4 aromatic carbocycles. The number of rotatable bonds is 6. The van der Waals surface area contributed by atoms with Crippen LogP contribution in [0.4, 0.5) is 0 Å². The maximum atomic E-state index is 13.8. The van der Waals surface area contributed by atoms with Crippen LogP contribution in [0.25, 0.3) is 0 Å². The average molecular weight is 1340 g/mol. The number of amides is 3. The molecule has 10 aromatic rings. The molecule has 0 aliphatic carbocycles. The molecule has 6 aliphatic rings. The Kier molecular flexibility index (Phi) is 18.5. The average Bonchev–Trinajstić information content (AvgIpc) is 0.894. The Morgan fingerprint density at radius 3 is 1.12 bits per heavy atom. The third kappa shape index (κ3) is 12.9. The van der Waals surface area contributed by atoms with Crippen molar-refractivity contribution >= 4 is 17.7 Å². The quantitative estimate of drug-likeness (QED) is 0.150. The zero-order valence-corrected chi connectivity index (χ0v) is 53.8. The summed E-state index contributed by atoms with van der Waals surface area (Å²) in [5.74, 6) is -0.0275. The van der Waals surface area contributed by atoms with Crippen LogP contribution in [0.3, 0.4) is 0 Å². The molecule has 6 aromatic heterocycles. The molecular weight excluding hydrogens is 1270 g/mol. The molecule has 100 heavy (non-hydrogen) atoms. The van der Waals surface area contributed by atoms with Crippen molar-refractivity contribution in [3.8, 4) is 34.5 Å². The molecule has 24 nitrogen and oxygen atoms in total. The van der Waals surface area contributed by atoms with Gasteiger partial charge in [-0.1, -0.05) is 121 Å². The van der Waals surface area contributed by atoms with E-state index in [1.807, 2.05) is 197 Å². The molecule has 2 N–H and O–H groups in total. The number of aromatic nitrogens is 6. The van der Waals surface area contributed by atoms with Gasteiger partial charge in [0.15, 0.2) is 34.3 Å². The van der Waals surface area contributed by atoms with Crippen molar-refractivity contribution in [1.82, 2.24) is 43.7 Å². The molecule has 16 rings (SSSR count). The lowest BCUT2D eigenvalue weighted by Gasteiger charge is -2.44. The summed E-state index contributed by atoms with van der Waals surface area (Å²) in [6, 6.07) is 47.2. The maximum absolute atomic E-state index is 13.8. The van der Waals surface area contributed by atoms with Gasteiger partial charge < -0.3 is 43.9 Å². The van der Waals surface area contributed by atoms with Crippen molar-refractivity contribution in [2.75, 3.05) is 74.5 Å². The Bertz CT molecular complexity index is 4760. The number of carbonyl (C=O) groups is 3. The summed E-state index contributed by atoms with van der Waals surface area (Å²) >= 11 is 0. The topological polar surface area (TPSA) is 253 Å². The Morgan fingerprint density at radius 2 is 0.740 bits per heavy atom. The van der Waals surface area contributed by atoms with Gasteiger partial charge in [0.05, 0.1) is 0 Å². The van der Waals surface area contributed by atoms with E-state index in [-0.39, 0.29) is 78.9 Å². The number of nitrogens with zero attached hydrogens (tertiary/aromatic N) is 12. The van der Waals surface area contributed by atoms with Gasteiger partial charge in [0.2, 0.25) is 16.3 Å². The summed E-state index contributed by atoms with van der Waals surface area (Å²) in [6.07, 6.45) is 26.4. The van der Waals surface area contributed by atoms with E-state index < -0.39 is 34.2 Å². The lowest BCUT2D eigenvalue weighted by atomic mass is 9.98. The lowest BCUT2D eigenvalue weighted by Crippen LogP contribution is -2.55. The first kappa shape index (κ1) is 64.4. The number of hydrogen-bond donors (Lipinski definition) is 2. The van der Waals surface area contributed by atoms with Gasteiger partial charge in [0, 0.05) is 110 Å². The van der Waals surface area contributed by atoms with Crippen LogP contribution in [0.2, 0.25) is 0 Å². The molecule has 12 heterocycles. The Morgan fingerprint density at radius 1 is 0.390 bits per heavy atom. The first-order chi connectivity index (χ1) is 49.0. The number of fused-ring (bicyclic) bond motifs is 15. The second-order valence-electron chi connectivity index (χ2n) is 23.8. The summed E-state index contributed by atoms with van der Waals surface area (Å²) < 4.78 is 29.1. The molecule has 0 fully saturated rings. The van der Waals surface area contributed by atoms with Gasteiger partial charge >= 0.3 is 0 Å². The maximum Gasteiger partial charge on any atom is 0.278 e. The lowest BCUT2D eigenvalue weighted by molar-refractivity contribution is 0.0692. The summed E-state index contributed by atoms with van der Waals surface area (Å²) in [7, 11) is 0. The first-order valence-corrected chi connectivity index (χ1v) is 32.3. The van der Waals surface area contributed by atoms with Crippen LogP contribution >= 0.6 is 0 Å². The van der Waals surface area contributed by atoms with Crippen LogP contribution in [0, 0.1) is 0 Å². The fourth-order valence-electron chi connectivity index (χ4n) is 12.9. The molecule has 3 amide bonds. The Labute approximate surface area is 572 Å². The Balaban J connectivity index is 0.000000129. The molecule has 24 heteroatoms. The van der Waals surface area contributed by atoms with E-state index in [9.17, 15) is 39.0 Å². The van der Waals surface area contributed by atoms with E-state index in [0.29, 0.717) is 51.0 Å². The standard InChI is InChI=1S/C30H26N4O4.2C23H20N4O4/c35-25-14-17-33-28(29(25)38-20-22-9-2-1-3-10-22)30(36)32-16-6-7-18-37-26-13-5-4-12-24(26)27(34(33)21-32)23-11-8-15-31-19-23;2*28-18-9-12-26-21(22(18)29)23(30)25-11-3-4-13-31-19-8-2-1-7-17(19)20(27(26)15-25)16-6-5-10-24-14-16/h1-15,17,19,27H,16,18,20-21H2;2*1-10,12,14,20,29H,11,13,15H2/b7-6-;2*4-3-/t;2*20-/m.10/s1. The van der Waals surface area contributed by atoms with Gasteiger partial charge in [0.1, 0.15) is 81.8 Å². The monoisotopic (exact) mass is 1340 g/mol. The van der Waals surface area contributed by atoms with E-state index in [1.165, 1.54) is 30.6 Å². The van der Waals surface area contributed by atoms with Gasteiger partial charge in [-0.05, 0) is 76.9 Å². The second-order valence-corrected chi connectivity index (χ2v) is 23.8. The molecule has 0 spiro atoms. The van der Waals surface area contributed by atoms with Crippen molar-refractivity contribution in [2.24, 2.45) is 0 Å². The molecule has 1 unspecified atom stereocenters. The molecule has 6 aliphatic heterocycles. The predicted molar refractivity (Wildman–Crippen MR) is 370 cm³/mol. The van der Waals surface area contributed by atoms with Gasteiger partial charge in [-0.3, -0.25) is 72.8 Å². The van der Waals surface area contributed by atoms with E-state index in [1.54, 1.807) is 65.9 Å². The fourth-order valence-corrected chi connectivity index (χ4v) is 12.9. The zero-order chi connectivity index (χ0) is 68.6. The van der Waals surface area contributed by atoms with E-state index in [4.69, 9.17) is 18.9 Å². The van der Waals surface area contributed by atoms with Crippen LogP contribution < -0.4 is 50.3 Å². The summed E-state index contributed by atoms with van der Waals surface area (Å²) in [4.78, 5) is 95.3. The molecule has 0 radical (unpaired) electrons. The van der Waals surface area contributed by atoms with Crippen LogP contribution in [0.15, 0.2) is 264 Å². The minimum Gasteiger partial charge on any atom is -0.502 e. The number of benzene rings is 4. The number of para-hydroxylation sites is 3. The number of hydrogen-bond acceptors (Lipinski definition) is 18. The minimum atomic E-state index is -0.595. The summed E-state index contributed by atoms with van der Waals surface area (Å²) in [6.45, 7) is 3.01. The van der Waals surface area contributed by atoms with Crippen molar-refractivity contribution in [1.29, 1.82) is 0 Å². The molecule has 6 bridgehead atoms. The van der Waals surface area contributed by atoms with Crippen LogP contribution in [-0.2, 0) is 6.61 Å². The number of aromatic hydroxyl groups is 2. The summed E-state index contributed by atoms with van der Waals surface area (Å²) in [5.41, 5.74) is 4.80. The van der Waals surface area contributed by atoms with Gasteiger partial charge in [-0.15, -0.1) is 0 Å². The number of ether oxygens (including phenoxy) is 4. The van der Waals surface area contributed by atoms with Gasteiger partial charge in [0.25, 0.3) is 17.7 Å². The third-order valence-corrected chi connectivity index (χ3v) is 17.6. The first-order valence-electron chi connectivity index (χ1n) is 32.3. The molecule has 3 atom stereocenters. The zero-order valence-electron chi connectivity index (χ0n) is 53.8. The minimum absolute atomic E-state index is 0.0318. The molecule has 0 saturated carbocycles. The van der Waals surface area contributed by atoms with Crippen molar-refractivity contribution in [3.05, 3.63) is 337 Å². The highest BCUT2D eigenvalue weighted by molar-refractivity contribution is 5.98. The van der Waals surface area contributed by atoms with Crippen LogP contribution in [0.1, 0.15) is 88.5 Å². The largest absolute Gasteiger partial charge is 0.502 e. The van der Waals surface area contributed by atoms with E-state index in [0.717, 1.165) is 44.7 Å². The van der Waals surface area contributed by atoms with E-state index >= 15 is 0 Å². The molecular formula is C76H66N12O12. The van der Waals surface area contributed by atoms with E-state index in [2.05, 4.69) is 15.0 Å². The number of carbonyl (C=O) groups excluding carboxylic acids is 3. The highest BCUT2D eigenvalue weighted by Gasteiger charge is 2.41. The smallest absolute Gasteiger partial charge is 0.278 e. The van der Waals surface area contributed by atoms with Crippen molar-refractivity contribution < 1.29 is 43.5 Å². The summed E-state index contributed by atoms with van der Waals surface area (Å²) in [5, 5.41) is 26.9. The SMILES string of the molecule is O=C1c2c(O)c(=O)ccn2N2CN1C/C=C\COc1ccccc1[C@@H]2c1cccnc1.O=C1c2c(O)c(=O)ccn2N2CN1C/C=C\COc1ccccc1[C@H]2c1cccnc1.O=C1c2c(OCc3ccccc3)c(=O)ccn2N2CN1C/C=C\COc1ccccc1C2c1cccnc1.